The first-order chi connectivity index (χ1) is 23.2. The average molecular weight is 667 g/mol. The number of rotatable bonds is 11. The number of carboxylic acids is 1. The van der Waals surface area contributed by atoms with Gasteiger partial charge in [0, 0.05) is 62.7 Å². The third-order valence-electron chi connectivity index (χ3n) is 9.52. The zero-order valence-corrected chi connectivity index (χ0v) is 27.8. The van der Waals surface area contributed by atoms with Gasteiger partial charge in [-0.3, -0.25) is 19.2 Å². The Balaban J connectivity index is 1.28. The maximum absolute atomic E-state index is 13.6. The first kappa shape index (κ1) is 34.9. The highest BCUT2D eigenvalue weighted by Crippen LogP contribution is 2.30. The summed E-state index contributed by atoms with van der Waals surface area (Å²) in [4.78, 5) is 75.9. The van der Waals surface area contributed by atoms with E-state index < -0.39 is 29.9 Å². The molecule has 3 fully saturated rings. The minimum absolute atomic E-state index is 0.0284. The van der Waals surface area contributed by atoms with Gasteiger partial charge in [-0.05, 0) is 64.8 Å². The number of hydrogen-bond acceptors (Lipinski definition) is 9. The first-order valence-electron chi connectivity index (χ1n) is 16.9. The van der Waals surface area contributed by atoms with Crippen LogP contribution in [0.5, 0.6) is 5.75 Å². The van der Waals surface area contributed by atoms with E-state index in [1.807, 2.05) is 11.0 Å². The maximum Gasteiger partial charge on any atom is 0.409 e. The molecule has 14 nitrogen and oxygen atoms in total. The molecule has 5 rings (SSSR count). The van der Waals surface area contributed by atoms with Crippen molar-refractivity contribution in [1.82, 2.24) is 29.9 Å². The topological polar surface area (TPSA) is 162 Å². The van der Waals surface area contributed by atoms with Gasteiger partial charge in [-0.1, -0.05) is 18.6 Å². The number of carboxylic acid groups (broad SMARTS) is 1. The van der Waals surface area contributed by atoms with Crippen LogP contribution in [0.15, 0.2) is 30.3 Å². The number of nitrogens with one attached hydrogen (secondary N) is 1. The number of nitrogens with zero attached hydrogens (tertiary/aromatic N) is 5. The summed E-state index contributed by atoms with van der Waals surface area (Å²) in [6, 6.07) is 7.92. The van der Waals surface area contributed by atoms with Crippen LogP contribution in [0.1, 0.15) is 62.4 Å². The molecule has 3 saturated heterocycles. The number of carbonyl (C=O) groups excluding carboxylic acids is 4. The van der Waals surface area contributed by atoms with Crippen molar-refractivity contribution in [2.75, 3.05) is 59.5 Å². The van der Waals surface area contributed by atoms with Gasteiger partial charge in [0.15, 0.2) is 6.61 Å². The van der Waals surface area contributed by atoms with Crippen LogP contribution in [-0.4, -0.2) is 137 Å². The molecule has 0 saturated carbocycles. The molecule has 260 valence electrons. The number of pyridine rings is 1. The molecule has 4 heterocycles. The van der Waals surface area contributed by atoms with Crippen LogP contribution in [0.25, 0.3) is 10.9 Å². The highest BCUT2D eigenvalue weighted by molar-refractivity contribution is 5.99. The molecule has 0 aliphatic carbocycles. The summed E-state index contributed by atoms with van der Waals surface area (Å²) in [5, 5.41) is 12.7. The molecule has 0 bridgehead atoms. The molecular weight excluding hydrogens is 620 g/mol. The molecule has 0 radical (unpaired) electrons. The Morgan fingerprint density at radius 1 is 0.958 bits per heavy atom. The van der Waals surface area contributed by atoms with Gasteiger partial charge in [0.05, 0.1) is 12.1 Å². The molecule has 4 amide bonds. The van der Waals surface area contributed by atoms with E-state index in [-0.39, 0.29) is 69.9 Å². The lowest BCUT2D eigenvalue weighted by Gasteiger charge is -2.40. The third-order valence-corrected chi connectivity index (χ3v) is 9.52. The number of piperidine rings is 1. The summed E-state index contributed by atoms with van der Waals surface area (Å²) in [5.41, 5.74) is 0.443. The second-order valence-corrected chi connectivity index (χ2v) is 12.6. The Hall–Kier alpha value is -4.46. The minimum Gasteiger partial charge on any atom is -0.483 e. The molecule has 0 spiro atoms. The number of para-hydroxylation sites is 1. The lowest BCUT2D eigenvalue weighted by molar-refractivity contribution is -0.138. The normalized spacial score (nSPS) is 20.8. The Morgan fingerprint density at radius 2 is 1.69 bits per heavy atom. The average Bonchev–Trinajstić information content (AvgIpc) is 3.58. The zero-order chi connectivity index (χ0) is 34.2. The van der Waals surface area contributed by atoms with Crippen LogP contribution in [0.4, 0.5) is 4.79 Å². The van der Waals surface area contributed by atoms with Gasteiger partial charge in [0.2, 0.25) is 5.91 Å². The first-order valence-corrected chi connectivity index (χ1v) is 16.9. The highest BCUT2D eigenvalue weighted by atomic mass is 16.6. The van der Waals surface area contributed by atoms with Gasteiger partial charge < -0.3 is 39.5 Å². The van der Waals surface area contributed by atoms with E-state index in [1.165, 1.54) is 22.3 Å². The van der Waals surface area contributed by atoms with Crippen molar-refractivity contribution < 1.29 is 38.6 Å². The summed E-state index contributed by atoms with van der Waals surface area (Å²) >= 11 is 0. The van der Waals surface area contributed by atoms with Gasteiger partial charge in [-0.2, -0.15) is 0 Å². The smallest absolute Gasteiger partial charge is 0.409 e. The molecule has 3 atom stereocenters. The summed E-state index contributed by atoms with van der Waals surface area (Å²) in [6.07, 6.45) is 4.39. The molecule has 48 heavy (non-hydrogen) atoms. The molecule has 3 aliphatic rings. The number of fused-ring (bicyclic) bond motifs is 1. The second kappa shape index (κ2) is 16.1. The Labute approximate surface area is 280 Å². The molecule has 14 heteroatoms. The monoisotopic (exact) mass is 666 g/mol. The van der Waals surface area contributed by atoms with Crippen LogP contribution in [0.2, 0.25) is 0 Å². The van der Waals surface area contributed by atoms with Crippen LogP contribution >= 0.6 is 0 Å². The SMILES string of the molecule is CCOC(=O)N1CCN(C(=O)[C@H](CCC(=O)O)NC(=O)c2cc(OCC(=O)N3CCCC3C3CCCCN3C)c3ccccc3n2)CC1. The van der Waals surface area contributed by atoms with E-state index in [0.717, 1.165) is 32.2 Å². The standard InChI is InChI=1S/C34H46N6O8/c1-3-47-34(46)39-19-17-38(18-20-39)33(45)25(13-14-31(42)43)36-32(44)26-21-29(23-9-4-5-10-24(23)35-26)48-22-30(41)40-16-8-12-28(40)27-11-6-7-15-37(27)2/h4-5,9-10,21,25,27-28H,3,6-8,11-20,22H2,1-2H3,(H,36,44)(H,42,43)/t25-,27?,28?/m0/s1. The molecule has 1 aromatic heterocycles. The van der Waals surface area contributed by atoms with Gasteiger partial charge >= 0.3 is 12.1 Å². The quantitative estimate of drug-likeness (QED) is 0.364. The molecular formula is C34H46N6O8. The number of carbonyl (C=O) groups is 5. The molecule has 3 aliphatic heterocycles. The summed E-state index contributed by atoms with van der Waals surface area (Å²) in [6.45, 7) is 4.42. The van der Waals surface area contributed by atoms with E-state index in [1.54, 1.807) is 25.1 Å². The van der Waals surface area contributed by atoms with Gasteiger partial charge in [-0.15, -0.1) is 0 Å². The number of piperazine rings is 1. The van der Waals surface area contributed by atoms with Crippen molar-refractivity contribution in [1.29, 1.82) is 0 Å². The molecule has 2 N–H and O–H groups in total. The number of benzene rings is 1. The van der Waals surface area contributed by atoms with Crippen LogP contribution in [-0.2, 0) is 19.1 Å². The Bertz CT molecular complexity index is 1500. The molecule has 1 aromatic carbocycles. The van der Waals surface area contributed by atoms with E-state index in [4.69, 9.17) is 9.47 Å². The number of ether oxygens (including phenoxy) is 2. The van der Waals surface area contributed by atoms with E-state index >= 15 is 0 Å². The minimum atomic E-state index is -1.13. The fourth-order valence-electron chi connectivity index (χ4n) is 6.99. The zero-order valence-electron chi connectivity index (χ0n) is 27.8. The Morgan fingerprint density at radius 3 is 2.42 bits per heavy atom. The van der Waals surface area contributed by atoms with Crippen molar-refractivity contribution in [3.05, 3.63) is 36.0 Å². The number of amides is 4. The lowest BCUT2D eigenvalue weighted by atomic mass is 9.94. The predicted octanol–water partition coefficient (Wildman–Crippen LogP) is 2.35. The summed E-state index contributed by atoms with van der Waals surface area (Å²) in [5.74, 6) is -2.02. The van der Waals surface area contributed by atoms with Crippen molar-refractivity contribution in [2.24, 2.45) is 0 Å². The van der Waals surface area contributed by atoms with Crippen LogP contribution < -0.4 is 10.1 Å². The summed E-state index contributed by atoms with van der Waals surface area (Å²) in [7, 11) is 2.13. The Kier molecular flexibility index (Phi) is 11.7. The van der Waals surface area contributed by atoms with Crippen LogP contribution in [0.3, 0.4) is 0 Å². The second-order valence-electron chi connectivity index (χ2n) is 12.6. The third kappa shape index (κ3) is 8.33. The number of likely N-dealkylation sites (tertiary alicyclic amines) is 2. The fourth-order valence-corrected chi connectivity index (χ4v) is 6.99. The van der Waals surface area contributed by atoms with E-state index in [0.29, 0.717) is 29.2 Å². The van der Waals surface area contributed by atoms with Gasteiger partial charge in [-0.25, -0.2) is 9.78 Å². The fraction of sp³-hybridized carbons (Fsp3) is 0.588. The van der Waals surface area contributed by atoms with Gasteiger partial charge in [0.25, 0.3) is 11.8 Å². The van der Waals surface area contributed by atoms with Gasteiger partial charge in [0.1, 0.15) is 17.5 Å². The van der Waals surface area contributed by atoms with Crippen molar-refractivity contribution in [3.8, 4) is 5.75 Å². The number of likely N-dealkylation sites (N-methyl/N-ethyl adjacent to an activating group) is 1. The molecule has 2 aromatic rings. The van der Waals surface area contributed by atoms with Crippen LogP contribution in [0, 0.1) is 0 Å². The van der Waals surface area contributed by atoms with E-state index in [9.17, 15) is 29.1 Å². The van der Waals surface area contributed by atoms with Crippen molar-refractivity contribution >= 4 is 40.7 Å². The van der Waals surface area contributed by atoms with Crippen molar-refractivity contribution in [2.45, 2.75) is 70.0 Å². The number of aliphatic carboxylic acids is 1. The lowest BCUT2D eigenvalue weighted by Crippen LogP contribution is -2.56. The van der Waals surface area contributed by atoms with E-state index in [2.05, 4.69) is 22.2 Å². The maximum atomic E-state index is 13.6. The predicted molar refractivity (Wildman–Crippen MR) is 176 cm³/mol. The number of hydrogen-bond donors (Lipinski definition) is 2. The number of aromatic nitrogens is 1. The highest BCUT2D eigenvalue weighted by Gasteiger charge is 2.37. The molecule has 2 unspecified atom stereocenters. The summed E-state index contributed by atoms with van der Waals surface area (Å²) < 4.78 is 11.1. The van der Waals surface area contributed by atoms with Crippen molar-refractivity contribution in [3.63, 3.8) is 0 Å². The largest absolute Gasteiger partial charge is 0.483 e.